The highest BCUT2D eigenvalue weighted by Crippen LogP contribution is 2.28. The summed E-state index contributed by atoms with van der Waals surface area (Å²) < 4.78 is 13.1. The van der Waals surface area contributed by atoms with Crippen LogP contribution in [0.15, 0.2) is 59.9 Å². The molecule has 0 aliphatic heterocycles. The Morgan fingerprint density at radius 3 is 2.52 bits per heavy atom. The fraction of sp³-hybridized carbons (Fsp3) is 0.286. The Morgan fingerprint density at radius 1 is 1.03 bits per heavy atom. The van der Waals surface area contributed by atoms with E-state index in [-0.39, 0.29) is 0 Å². The first-order valence-electron chi connectivity index (χ1n) is 9.30. The van der Waals surface area contributed by atoms with Crippen LogP contribution in [0.1, 0.15) is 17.0 Å². The molecule has 0 aliphatic rings. The number of aromatic nitrogens is 3. The third-order valence-corrected chi connectivity index (χ3v) is 4.37. The summed E-state index contributed by atoms with van der Waals surface area (Å²) in [5, 5.41) is 10.6. The van der Waals surface area contributed by atoms with Gasteiger partial charge < -0.3 is 20.1 Å². The largest absolute Gasteiger partial charge is 0.493 e. The fourth-order valence-corrected chi connectivity index (χ4v) is 2.73. The zero-order valence-corrected chi connectivity index (χ0v) is 16.9. The number of aryl methyl sites for hydroxylation is 1. The number of nitrogens with one attached hydrogen (secondary N) is 2. The normalized spacial score (nSPS) is 11.2. The summed E-state index contributed by atoms with van der Waals surface area (Å²) in [6.45, 7) is 1.62. The second-order valence-electron chi connectivity index (χ2n) is 6.34. The van der Waals surface area contributed by atoms with Gasteiger partial charge in [0.1, 0.15) is 18.8 Å². The monoisotopic (exact) mass is 394 g/mol. The Labute approximate surface area is 170 Å². The third-order valence-electron chi connectivity index (χ3n) is 4.37. The van der Waals surface area contributed by atoms with Crippen molar-refractivity contribution in [1.29, 1.82) is 0 Å². The Hall–Kier alpha value is -3.55. The van der Waals surface area contributed by atoms with Gasteiger partial charge in [0, 0.05) is 20.6 Å². The van der Waals surface area contributed by atoms with Crippen LogP contribution < -0.4 is 20.1 Å². The quantitative estimate of drug-likeness (QED) is 0.450. The summed E-state index contributed by atoms with van der Waals surface area (Å²) in [4.78, 5) is 8.42. The van der Waals surface area contributed by atoms with Gasteiger partial charge in [-0.25, -0.2) is 4.98 Å². The van der Waals surface area contributed by atoms with E-state index in [9.17, 15) is 0 Å². The van der Waals surface area contributed by atoms with Crippen molar-refractivity contribution in [2.24, 2.45) is 12.0 Å². The van der Waals surface area contributed by atoms with Gasteiger partial charge >= 0.3 is 0 Å². The highest BCUT2D eigenvalue weighted by Gasteiger charge is 2.08. The standard InChI is InChI=1S/C21H26N6O2/c1-22-21(24-13-20-25-15-26-27(20)2)23-12-17-9-10-18(19(11-17)28-3)29-14-16-7-5-4-6-8-16/h4-11,15H,12-14H2,1-3H3,(H2,22,23,24). The van der Waals surface area contributed by atoms with Crippen LogP contribution in [0.2, 0.25) is 0 Å². The molecule has 29 heavy (non-hydrogen) atoms. The van der Waals surface area contributed by atoms with Crippen molar-refractivity contribution in [3.05, 3.63) is 71.8 Å². The Kier molecular flexibility index (Phi) is 7.05. The number of hydrogen-bond donors (Lipinski definition) is 2. The molecule has 0 bridgehead atoms. The van der Waals surface area contributed by atoms with Crippen LogP contribution in [0.5, 0.6) is 11.5 Å². The zero-order chi connectivity index (χ0) is 20.5. The van der Waals surface area contributed by atoms with Gasteiger partial charge in [0.2, 0.25) is 0 Å². The zero-order valence-electron chi connectivity index (χ0n) is 16.9. The molecule has 2 N–H and O–H groups in total. The number of aliphatic imine (C=N–C) groups is 1. The Morgan fingerprint density at radius 2 is 1.83 bits per heavy atom. The molecule has 2 aromatic carbocycles. The third kappa shape index (κ3) is 5.71. The van der Waals surface area contributed by atoms with Crippen LogP contribution in [-0.2, 0) is 26.7 Å². The van der Waals surface area contributed by atoms with Crippen LogP contribution in [0.25, 0.3) is 0 Å². The van der Waals surface area contributed by atoms with Crippen LogP contribution in [0.3, 0.4) is 0 Å². The summed E-state index contributed by atoms with van der Waals surface area (Å²) in [7, 11) is 5.23. The van der Waals surface area contributed by atoms with E-state index in [4.69, 9.17) is 9.47 Å². The van der Waals surface area contributed by atoms with E-state index in [1.807, 2.05) is 55.6 Å². The van der Waals surface area contributed by atoms with Gasteiger partial charge in [0.25, 0.3) is 0 Å². The molecule has 8 heteroatoms. The summed E-state index contributed by atoms with van der Waals surface area (Å²) in [5.74, 6) is 2.91. The lowest BCUT2D eigenvalue weighted by Gasteiger charge is -2.14. The van der Waals surface area contributed by atoms with Gasteiger partial charge in [-0.15, -0.1) is 0 Å². The molecule has 152 valence electrons. The molecule has 0 atom stereocenters. The SMILES string of the molecule is CN=C(NCc1ccc(OCc2ccccc2)c(OC)c1)NCc1ncnn1C. The molecule has 1 heterocycles. The Balaban J connectivity index is 1.55. The maximum atomic E-state index is 5.91. The number of nitrogens with zero attached hydrogens (tertiary/aromatic N) is 4. The molecule has 0 saturated heterocycles. The van der Waals surface area contributed by atoms with Crippen molar-refractivity contribution in [3.8, 4) is 11.5 Å². The van der Waals surface area contributed by atoms with Gasteiger partial charge in [-0.05, 0) is 23.3 Å². The van der Waals surface area contributed by atoms with E-state index in [0.717, 1.165) is 17.0 Å². The minimum Gasteiger partial charge on any atom is -0.493 e. The molecule has 3 aromatic rings. The summed E-state index contributed by atoms with van der Waals surface area (Å²) in [5.41, 5.74) is 2.16. The molecular formula is C21H26N6O2. The average Bonchev–Trinajstić information content (AvgIpc) is 3.18. The van der Waals surface area contributed by atoms with E-state index < -0.39 is 0 Å². The minimum atomic E-state index is 0.493. The average molecular weight is 394 g/mol. The number of benzene rings is 2. The predicted octanol–water partition coefficient (Wildman–Crippen LogP) is 2.27. The number of ether oxygens (including phenoxy) is 2. The second kappa shape index (κ2) is 10.1. The summed E-state index contributed by atoms with van der Waals surface area (Å²) >= 11 is 0. The van der Waals surface area contributed by atoms with Crippen molar-refractivity contribution < 1.29 is 9.47 Å². The minimum absolute atomic E-state index is 0.493. The highest BCUT2D eigenvalue weighted by molar-refractivity contribution is 5.79. The smallest absolute Gasteiger partial charge is 0.191 e. The summed E-state index contributed by atoms with van der Waals surface area (Å²) in [6.07, 6.45) is 1.53. The van der Waals surface area contributed by atoms with E-state index in [1.54, 1.807) is 18.8 Å². The van der Waals surface area contributed by atoms with Gasteiger partial charge in [-0.2, -0.15) is 5.10 Å². The lowest BCUT2D eigenvalue weighted by atomic mass is 10.2. The summed E-state index contributed by atoms with van der Waals surface area (Å²) in [6, 6.07) is 15.9. The predicted molar refractivity (Wildman–Crippen MR) is 112 cm³/mol. The molecule has 3 rings (SSSR count). The van der Waals surface area contributed by atoms with E-state index >= 15 is 0 Å². The van der Waals surface area contributed by atoms with Crippen molar-refractivity contribution >= 4 is 5.96 Å². The first-order valence-corrected chi connectivity index (χ1v) is 9.30. The molecule has 1 aromatic heterocycles. The van der Waals surface area contributed by atoms with Crippen molar-refractivity contribution in [2.45, 2.75) is 19.7 Å². The number of rotatable bonds is 8. The fourth-order valence-electron chi connectivity index (χ4n) is 2.73. The first-order chi connectivity index (χ1) is 14.2. The lowest BCUT2D eigenvalue weighted by molar-refractivity contribution is 0.284. The van der Waals surface area contributed by atoms with E-state index in [1.165, 1.54) is 6.33 Å². The van der Waals surface area contributed by atoms with Crippen molar-refractivity contribution in [2.75, 3.05) is 14.2 Å². The number of methoxy groups -OCH3 is 1. The van der Waals surface area contributed by atoms with Crippen molar-refractivity contribution in [3.63, 3.8) is 0 Å². The van der Waals surface area contributed by atoms with Gasteiger partial charge in [0.15, 0.2) is 17.5 Å². The van der Waals surface area contributed by atoms with Crippen molar-refractivity contribution in [1.82, 2.24) is 25.4 Å². The van der Waals surface area contributed by atoms with Crippen LogP contribution in [-0.4, -0.2) is 34.9 Å². The molecule has 0 spiro atoms. The number of guanidine groups is 1. The molecule has 0 aliphatic carbocycles. The van der Waals surface area contributed by atoms with E-state index in [0.29, 0.717) is 37.2 Å². The second-order valence-corrected chi connectivity index (χ2v) is 6.34. The maximum absolute atomic E-state index is 5.91. The van der Waals surface area contributed by atoms with E-state index in [2.05, 4.69) is 25.7 Å². The molecule has 0 radical (unpaired) electrons. The lowest BCUT2D eigenvalue weighted by Crippen LogP contribution is -2.36. The highest BCUT2D eigenvalue weighted by atomic mass is 16.5. The van der Waals surface area contributed by atoms with Crippen LogP contribution in [0, 0.1) is 0 Å². The van der Waals surface area contributed by atoms with Gasteiger partial charge in [0.05, 0.1) is 13.7 Å². The Bertz CT molecular complexity index is 939. The molecule has 0 saturated carbocycles. The van der Waals surface area contributed by atoms with Crippen LogP contribution >= 0.6 is 0 Å². The molecule has 0 fully saturated rings. The topological polar surface area (TPSA) is 85.6 Å². The number of hydrogen-bond acceptors (Lipinski definition) is 5. The molecule has 8 nitrogen and oxygen atoms in total. The molecular weight excluding hydrogens is 368 g/mol. The van der Waals surface area contributed by atoms with Gasteiger partial charge in [-0.3, -0.25) is 9.67 Å². The van der Waals surface area contributed by atoms with Crippen LogP contribution in [0.4, 0.5) is 0 Å². The van der Waals surface area contributed by atoms with Gasteiger partial charge in [-0.1, -0.05) is 36.4 Å². The first kappa shape index (κ1) is 20.2. The maximum Gasteiger partial charge on any atom is 0.191 e. The molecule has 0 unspecified atom stereocenters. The molecule has 0 amide bonds.